The van der Waals surface area contributed by atoms with Crippen molar-refractivity contribution >= 4 is 22.9 Å². The van der Waals surface area contributed by atoms with Crippen LogP contribution in [0.1, 0.15) is 44.4 Å². The van der Waals surface area contributed by atoms with Crippen molar-refractivity contribution in [1.82, 2.24) is 15.2 Å². The van der Waals surface area contributed by atoms with Gasteiger partial charge in [0, 0.05) is 18.7 Å². The topological polar surface area (TPSA) is 62.3 Å². The van der Waals surface area contributed by atoms with Gasteiger partial charge in [0.2, 0.25) is 5.78 Å². The molecule has 0 saturated carbocycles. The van der Waals surface area contributed by atoms with Gasteiger partial charge in [-0.1, -0.05) is 0 Å². The molecule has 0 radical (unpaired) electrons. The molecule has 1 aliphatic carbocycles. The fourth-order valence-electron chi connectivity index (χ4n) is 2.99. The first kappa shape index (κ1) is 14.4. The Bertz CT molecular complexity index is 620. The summed E-state index contributed by atoms with van der Waals surface area (Å²) in [5.74, 6) is -0.274. The minimum Gasteiger partial charge on any atom is -0.382 e. The van der Waals surface area contributed by atoms with Crippen LogP contribution in [0.3, 0.4) is 0 Å². The first-order valence-corrected chi connectivity index (χ1v) is 8.10. The number of nitrogens with one attached hydrogen (secondary N) is 1. The minimum atomic E-state index is -0.159. The van der Waals surface area contributed by atoms with Crippen LogP contribution in [0.4, 0.5) is 0 Å². The van der Waals surface area contributed by atoms with E-state index in [9.17, 15) is 9.59 Å². The molecule has 1 aliphatic heterocycles. The lowest BCUT2D eigenvalue weighted by Gasteiger charge is -2.20. The van der Waals surface area contributed by atoms with E-state index in [1.54, 1.807) is 0 Å². The summed E-state index contributed by atoms with van der Waals surface area (Å²) in [6.45, 7) is 3.66. The first-order valence-electron chi connectivity index (χ1n) is 7.28. The molecule has 0 amide bonds. The maximum Gasteiger partial charge on any atom is 0.228 e. The van der Waals surface area contributed by atoms with Gasteiger partial charge >= 0.3 is 0 Å². The number of carbonyl (C=O) groups excluding carboxylic acids is 2. The van der Waals surface area contributed by atoms with E-state index in [4.69, 9.17) is 0 Å². The molecular weight excluding hydrogens is 286 g/mol. The molecule has 1 fully saturated rings. The van der Waals surface area contributed by atoms with E-state index in [0.29, 0.717) is 28.9 Å². The molecule has 0 spiro atoms. The van der Waals surface area contributed by atoms with Gasteiger partial charge in [0.15, 0.2) is 5.78 Å². The Morgan fingerprint density at radius 3 is 3.00 bits per heavy atom. The molecule has 1 N–H and O–H groups in total. The van der Waals surface area contributed by atoms with Gasteiger partial charge in [-0.15, -0.1) is 11.3 Å². The molecule has 21 heavy (non-hydrogen) atoms. The van der Waals surface area contributed by atoms with Crippen molar-refractivity contribution in [1.29, 1.82) is 0 Å². The molecule has 1 aromatic heterocycles. The number of likely N-dealkylation sites (tertiary alicyclic amines) is 1. The van der Waals surface area contributed by atoms with Crippen LogP contribution in [0.15, 0.2) is 11.8 Å². The molecule has 6 heteroatoms. The summed E-state index contributed by atoms with van der Waals surface area (Å²) >= 11 is 1.29. The number of fused-ring (bicyclic) bond motifs is 1. The van der Waals surface area contributed by atoms with E-state index in [-0.39, 0.29) is 11.6 Å². The average molecular weight is 305 g/mol. The van der Waals surface area contributed by atoms with Gasteiger partial charge in [-0.3, -0.25) is 9.59 Å². The third kappa shape index (κ3) is 2.78. The fraction of sp³-hybridized carbons (Fsp3) is 0.533. The Labute approximate surface area is 128 Å². The summed E-state index contributed by atoms with van der Waals surface area (Å²) < 4.78 is 0. The van der Waals surface area contributed by atoms with Gasteiger partial charge < -0.3 is 10.2 Å². The van der Waals surface area contributed by atoms with Gasteiger partial charge in [0.05, 0.1) is 10.7 Å². The number of hydrogen-bond donors (Lipinski definition) is 1. The number of nitrogens with zero attached hydrogens (tertiary/aromatic N) is 2. The molecule has 1 saturated heterocycles. The Morgan fingerprint density at radius 1 is 1.48 bits per heavy atom. The summed E-state index contributed by atoms with van der Waals surface area (Å²) in [6.07, 6.45) is 4.85. The fourth-order valence-corrected chi connectivity index (χ4v) is 3.81. The molecule has 3 rings (SSSR count). The monoisotopic (exact) mass is 305 g/mol. The first-order chi connectivity index (χ1) is 10.1. The van der Waals surface area contributed by atoms with E-state index >= 15 is 0 Å². The number of thiazole rings is 1. The summed E-state index contributed by atoms with van der Waals surface area (Å²) in [7, 11) is 2.14. The lowest BCUT2D eigenvalue weighted by molar-refractivity contribution is 0.0977. The molecule has 0 bridgehead atoms. The van der Waals surface area contributed by atoms with Crippen molar-refractivity contribution < 1.29 is 9.59 Å². The number of ketones is 2. The van der Waals surface area contributed by atoms with Crippen LogP contribution in [-0.2, 0) is 0 Å². The van der Waals surface area contributed by atoms with E-state index in [1.807, 2.05) is 6.92 Å². The largest absolute Gasteiger partial charge is 0.382 e. The molecule has 1 unspecified atom stereocenters. The van der Waals surface area contributed by atoms with Crippen molar-refractivity contribution in [3.63, 3.8) is 0 Å². The minimum absolute atomic E-state index is 0.115. The average Bonchev–Trinajstić information content (AvgIpc) is 3.02. The quantitative estimate of drug-likeness (QED) is 0.919. The highest BCUT2D eigenvalue weighted by Crippen LogP contribution is 2.25. The molecule has 5 nitrogen and oxygen atoms in total. The van der Waals surface area contributed by atoms with Crippen molar-refractivity contribution in [2.24, 2.45) is 0 Å². The molecule has 2 heterocycles. The predicted molar refractivity (Wildman–Crippen MR) is 81.9 cm³/mol. The highest BCUT2D eigenvalue weighted by atomic mass is 32.1. The van der Waals surface area contributed by atoms with Gasteiger partial charge in [0.1, 0.15) is 10.6 Å². The molecular formula is C15H19N3O2S. The molecule has 1 aromatic rings. The smallest absolute Gasteiger partial charge is 0.228 e. The van der Waals surface area contributed by atoms with Crippen LogP contribution in [0.5, 0.6) is 0 Å². The summed E-state index contributed by atoms with van der Waals surface area (Å²) in [5.41, 5.74) is 0.698. The number of carbonyl (C=O) groups is 2. The Hall–Kier alpha value is -1.53. The van der Waals surface area contributed by atoms with E-state index in [2.05, 4.69) is 22.2 Å². The van der Waals surface area contributed by atoms with Crippen LogP contribution in [0.25, 0.3) is 0 Å². The lowest BCUT2D eigenvalue weighted by Crippen LogP contribution is -2.32. The van der Waals surface area contributed by atoms with Gasteiger partial charge in [-0.2, -0.15) is 0 Å². The van der Waals surface area contributed by atoms with E-state index < -0.39 is 0 Å². The number of rotatable bonds is 4. The molecule has 2 aliphatic rings. The third-order valence-electron chi connectivity index (χ3n) is 4.16. The zero-order valence-corrected chi connectivity index (χ0v) is 13.1. The lowest BCUT2D eigenvalue weighted by atomic mass is 10.0. The summed E-state index contributed by atoms with van der Waals surface area (Å²) in [6, 6.07) is 0.574. The zero-order chi connectivity index (χ0) is 15.0. The van der Waals surface area contributed by atoms with Crippen LogP contribution in [-0.4, -0.2) is 47.6 Å². The molecule has 0 aromatic carbocycles. The van der Waals surface area contributed by atoms with Gasteiger partial charge in [-0.05, 0) is 39.8 Å². The predicted octanol–water partition coefficient (Wildman–Crippen LogP) is 1.79. The maximum absolute atomic E-state index is 12.3. The highest BCUT2D eigenvalue weighted by molar-refractivity contribution is 7.14. The van der Waals surface area contributed by atoms with E-state index in [1.165, 1.54) is 30.3 Å². The standard InChI is InChI=1S/C15H19N3O2S/c1-9-17-13-14(20)11(8-12(19)15(13)21-9)16-6-5-10-4-3-7-18(10)2/h8,10,16H,3-7H2,1-2H3. The van der Waals surface area contributed by atoms with Crippen LogP contribution in [0, 0.1) is 6.92 Å². The molecule has 112 valence electrons. The number of hydrogen-bond acceptors (Lipinski definition) is 6. The van der Waals surface area contributed by atoms with Crippen molar-refractivity contribution in [3.05, 3.63) is 27.4 Å². The Kier molecular flexibility index (Phi) is 3.91. The second-order valence-electron chi connectivity index (χ2n) is 5.65. The van der Waals surface area contributed by atoms with Crippen molar-refractivity contribution in [3.8, 4) is 0 Å². The number of aromatic nitrogens is 1. The second-order valence-corrected chi connectivity index (χ2v) is 6.86. The van der Waals surface area contributed by atoms with Crippen LogP contribution in [0.2, 0.25) is 0 Å². The van der Waals surface area contributed by atoms with Gasteiger partial charge in [0.25, 0.3) is 0 Å². The third-order valence-corrected chi connectivity index (χ3v) is 5.14. The van der Waals surface area contributed by atoms with Crippen LogP contribution >= 0.6 is 11.3 Å². The van der Waals surface area contributed by atoms with Crippen molar-refractivity contribution in [2.75, 3.05) is 20.1 Å². The van der Waals surface area contributed by atoms with E-state index in [0.717, 1.165) is 18.0 Å². The maximum atomic E-state index is 12.3. The normalized spacial score (nSPS) is 22.4. The SMILES string of the molecule is Cc1nc2c(s1)C(=O)C=C(NCCC1CCCN1C)C2=O. The molecule has 1 atom stereocenters. The summed E-state index contributed by atoms with van der Waals surface area (Å²) in [5, 5.41) is 3.88. The summed E-state index contributed by atoms with van der Waals surface area (Å²) in [4.78, 5) is 31.4. The highest BCUT2D eigenvalue weighted by Gasteiger charge is 2.29. The zero-order valence-electron chi connectivity index (χ0n) is 12.3. The second kappa shape index (κ2) is 5.69. The number of aryl methyl sites for hydroxylation is 1. The Morgan fingerprint density at radius 2 is 2.29 bits per heavy atom. The van der Waals surface area contributed by atoms with Crippen molar-refractivity contribution in [2.45, 2.75) is 32.2 Å². The van der Waals surface area contributed by atoms with Gasteiger partial charge in [-0.25, -0.2) is 4.98 Å². The Balaban J connectivity index is 1.63. The number of Topliss-reactive ketones (excluding diaryl/α,β-unsaturated/α-hetero) is 1. The van der Waals surface area contributed by atoms with Crippen LogP contribution < -0.4 is 5.32 Å². The number of allylic oxidation sites excluding steroid dienone is 2.